The van der Waals surface area contributed by atoms with Gasteiger partial charge in [0.15, 0.2) is 5.69 Å². The van der Waals surface area contributed by atoms with E-state index in [2.05, 4.69) is 15.1 Å². The predicted octanol–water partition coefficient (Wildman–Crippen LogP) is 1.89. The molecule has 0 saturated carbocycles. The number of carbonyl (C=O) groups is 2. The minimum absolute atomic E-state index is 0.0382. The van der Waals surface area contributed by atoms with Crippen LogP contribution in [-0.4, -0.2) is 82.5 Å². The summed E-state index contributed by atoms with van der Waals surface area (Å²) < 4.78 is 0. The van der Waals surface area contributed by atoms with Gasteiger partial charge < -0.3 is 9.80 Å². The highest BCUT2D eigenvalue weighted by molar-refractivity contribution is 6.04. The summed E-state index contributed by atoms with van der Waals surface area (Å²) in [5, 5.41) is 8.09. The second-order valence-corrected chi connectivity index (χ2v) is 7.11. The van der Waals surface area contributed by atoms with Gasteiger partial charge in [-0.25, -0.2) is 0 Å². The molecule has 1 aliphatic rings. The molecule has 1 aromatic heterocycles. The van der Waals surface area contributed by atoms with Crippen LogP contribution in [0.1, 0.15) is 36.3 Å². The van der Waals surface area contributed by atoms with Gasteiger partial charge in [0.1, 0.15) is 0 Å². The van der Waals surface area contributed by atoms with Crippen LogP contribution in [0.15, 0.2) is 18.2 Å². The number of H-pyrrole nitrogens is 1. The number of benzene rings is 1. The molecule has 2 heterocycles. The minimum atomic E-state index is -0.0382. The fraction of sp³-hybridized carbons (Fsp3) is 0.550. The molecule has 0 bridgehead atoms. The Balaban J connectivity index is 1.66. The van der Waals surface area contributed by atoms with Gasteiger partial charge in [-0.3, -0.25) is 19.6 Å². The summed E-state index contributed by atoms with van der Waals surface area (Å²) in [6.07, 6.45) is 0.860. The number of hydrogen-bond acceptors (Lipinski definition) is 4. The Bertz CT molecular complexity index is 812. The van der Waals surface area contributed by atoms with Crippen molar-refractivity contribution >= 4 is 22.7 Å². The maximum atomic E-state index is 13.0. The van der Waals surface area contributed by atoms with Gasteiger partial charge in [-0.2, -0.15) is 5.10 Å². The minimum Gasteiger partial charge on any atom is -0.342 e. The van der Waals surface area contributed by atoms with Crippen molar-refractivity contribution in [3.05, 3.63) is 29.5 Å². The Morgan fingerprint density at radius 2 is 1.93 bits per heavy atom. The number of hydrogen-bond donors (Lipinski definition) is 1. The van der Waals surface area contributed by atoms with Crippen LogP contribution in [0.25, 0.3) is 10.9 Å². The zero-order chi connectivity index (χ0) is 19.4. The van der Waals surface area contributed by atoms with Gasteiger partial charge in [0, 0.05) is 44.7 Å². The summed E-state index contributed by atoms with van der Waals surface area (Å²) >= 11 is 0. The Morgan fingerprint density at radius 3 is 2.67 bits per heavy atom. The second-order valence-electron chi connectivity index (χ2n) is 7.11. The van der Waals surface area contributed by atoms with Crippen LogP contribution in [0.5, 0.6) is 0 Å². The standard InChI is InChI=1S/C20H29N5O2/c1-4-24(5-2)18(26)14-23-9-6-10-25(12-11-23)20(27)19-16-13-15(3)7-8-17(16)21-22-19/h7-8,13H,4-6,9-12,14H2,1-3H3,(H,21,22). The zero-order valence-electron chi connectivity index (χ0n) is 16.5. The second kappa shape index (κ2) is 8.52. The predicted molar refractivity (Wildman–Crippen MR) is 106 cm³/mol. The normalized spacial score (nSPS) is 15.7. The summed E-state index contributed by atoms with van der Waals surface area (Å²) in [6.45, 7) is 10.8. The first kappa shape index (κ1) is 19.4. The van der Waals surface area contributed by atoms with E-state index in [1.165, 1.54) is 0 Å². The molecule has 7 nitrogen and oxygen atoms in total. The quantitative estimate of drug-likeness (QED) is 0.871. The van der Waals surface area contributed by atoms with Crippen LogP contribution in [-0.2, 0) is 4.79 Å². The van der Waals surface area contributed by atoms with E-state index in [-0.39, 0.29) is 11.8 Å². The number of aromatic nitrogens is 2. The van der Waals surface area contributed by atoms with E-state index in [1.54, 1.807) is 0 Å². The summed E-state index contributed by atoms with van der Waals surface area (Å²) in [5.41, 5.74) is 2.47. The lowest BCUT2D eigenvalue weighted by Crippen LogP contribution is -2.42. The number of amides is 2. The lowest BCUT2D eigenvalue weighted by Gasteiger charge is -2.25. The molecule has 0 unspecified atom stereocenters. The van der Waals surface area contributed by atoms with Gasteiger partial charge in [-0.15, -0.1) is 0 Å². The fourth-order valence-electron chi connectivity index (χ4n) is 3.64. The highest BCUT2D eigenvalue weighted by Gasteiger charge is 2.25. The van der Waals surface area contributed by atoms with Crippen molar-refractivity contribution in [3.63, 3.8) is 0 Å². The first-order chi connectivity index (χ1) is 13.0. The molecule has 7 heteroatoms. The Labute approximate surface area is 160 Å². The molecule has 27 heavy (non-hydrogen) atoms. The number of aromatic amines is 1. The molecular formula is C20H29N5O2. The first-order valence-electron chi connectivity index (χ1n) is 9.77. The van der Waals surface area contributed by atoms with Gasteiger partial charge >= 0.3 is 0 Å². The number of carbonyl (C=O) groups excluding carboxylic acids is 2. The van der Waals surface area contributed by atoms with Crippen LogP contribution < -0.4 is 0 Å². The number of rotatable bonds is 5. The molecule has 0 spiro atoms. The number of nitrogens with one attached hydrogen (secondary N) is 1. The maximum Gasteiger partial charge on any atom is 0.275 e. The van der Waals surface area contributed by atoms with Gasteiger partial charge in [0.25, 0.3) is 5.91 Å². The number of nitrogens with zero attached hydrogens (tertiary/aromatic N) is 4. The van der Waals surface area contributed by atoms with Gasteiger partial charge in [-0.1, -0.05) is 11.6 Å². The van der Waals surface area contributed by atoms with E-state index in [4.69, 9.17) is 0 Å². The Hall–Kier alpha value is -2.41. The zero-order valence-corrected chi connectivity index (χ0v) is 16.5. The highest BCUT2D eigenvalue weighted by Crippen LogP contribution is 2.19. The van der Waals surface area contributed by atoms with Gasteiger partial charge in [0.05, 0.1) is 12.1 Å². The van der Waals surface area contributed by atoms with E-state index in [0.29, 0.717) is 31.9 Å². The van der Waals surface area contributed by atoms with Crippen LogP contribution >= 0.6 is 0 Å². The van der Waals surface area contributed by atoms with Crippen molar-refractivity contribution in [2.45, 2.75) is 27.2 Å². The molecule has 2 amide bonds. The molecular weight excluding hydrogens is 342 g/mol. The maximum absolute atomic E-state index is 13.0. The molecule has 2 aromatic rings. The third kappa shape index (κ3) is 4.30. The Kier molecular flexibility index (Phi) is 6.11. The third-order valence-electron chi connectivity index (χ3n) is 5.27. The summed E-state index contributed by atoms with van der Waals surface area (Å²) in [5.74, 6) is 0.123. The average molecular weight is 371 g/mol. The molecule has 1 aliphatic heterocycles. The summed E-state index contributed by atoms with van der Waals surface area (Å²) in [4.78, 5) is 31.2. The number of aryl methyl sites for hydroxylation is 1. The molecule has 0 radical (unpaired) electrons. The molecule has 0 aliphatic carbocycles. The topological polar surface area (TPSA) is 72.5 Å². The smallest absolute Gasteiger partial charge is 0.275 e. The van der Waals surface area contributed by atoms with Crippen molar-refractivity contribution in [1.29, 1.82) is 0 Å². The van der Waals surface area contributed by atoms with E-state index in [9.17, 15) is 9.59 Å². The number of fused-ring (bicyclic) bond motifs is 1. The SMILES string of the molecule is CCN(CC)C(=O)CN1CCCN(C(=O)c2n[nH]c3ccc(C)cc23)CC1. The summed E-state index contributed by atoms with van der Waals surface area (Å²) in [6, 6.07) is 5.96. The third-order valence-corrected chi connectivity index (χ3v) is 5.27. The molecule has 1 saturated heterocycles. The highest BCUT2D eigenvalue weighted by atomic mass is 16.2. The largest absolute Gasteiger partial charge is 0.342 e. The van der Waals surface area contributed by atoms with E-state index >= 15 is 0 Å². The average Bonchev–Trinajstić information content (AvgIpc) is 2.93. The molecule has 0 atom stereocenters. The molecule has 1 aromatic carbocycles. The monoisotopic (exact) mass is 371 g/mol. The fourth-order valence-corrected chi connectivity index (χ4v) is 3.64. The van der Waals surface area contributed by atoms with Crippen molar-refractivity contribution < 1.29 is 9.59 Å². The van der Waals surface area contributed by atoms with Crippen LogP contribution in [0.3, 0.4) is 0 Å². The van der Waals surface area contributed by atoms with Crippen molar-refractivity contribution in [2.75, 3.05) is 45.8 Å². The van der Waals surface area contributed by atoms with Crippen molar-refractivity contribution in [1.82, 2.24) is 24.9 Å². The first-order valence-corrected chi connectivity index (χ1v) is 9.77. The van der Waals surface area contributed by atoms with E-state index in [0.717, 1.165) is 42.5 Å². The lowest BCUT2D eigenvalue weighted by molar-refractivity contribution is -0.132. The molecule has 3 rings (SSSR count). The van der Waals surface area contributed by atoms with Crippen molar-refractivity contribution in [3.8, 4) is 0 Å². The van der Waals surface area contributed by atoms with Gasteiger partial charge in [-0.05, 0) is 39.3 Å². The van der Waals surface area contributed by atoms with E-state index < -0.39 is 0 Å². The van der Waals surface area contributed by atoms with Crippen LogP contribution in [0.4, 0.5) is 0 Å². The van der Waals surface area contributed by atoms with Crippen LogP contribution in [0, 0.1) is 6.92 Å². The van der Waals surface area contributed by atoms with Crippen molar-refractivity contribution in [2.24, 2.45) is 0 Å². The molecule has 1 fully saturated rings. The molecule has 1 N–H and O–H groups in total. The van der Waals surface area contributed by atoms with Crippen LogP contribution in [0.2, 0.25) is 0 Å². The number of likely N-dealkylation sites (N-methyl/N-ethyl adjacent to an activating group) is 1. The van der Waals surface area contributed by atoms with Gasteiger partial charge in [0.2, 0.25) is 5.91 Å². The Morgan fingerprint density at radius 1 is 1.15 bits per heavy atom. The van der Waals surface area contributed by atoms with E-state index in [1.807, 2.05) is 48.8 Å². The lowest BCUT2D eigenvalue weighted by atomic mass is 10.1. The summed E-state index contributed by atoms with van der Waals surface area (Å²) in [7, 11) is 0. The molecule has 146 valence electrons.